The predicted molar refractivity (Wildman–Crippen MR) is 141 cm³/mol. The first-order chi connectivity index (χ1) is 19.2. The first-order valence-electron chi connectivity index (χ1n) is 12.4. The summed E-state index contributed by atoms with van der Waals surface area (Å²) in [5, 5.41) is 10.4. The lowest BCUT2D eigenvalue weighted by molar-refractivity contribution is -0.154. The van der Waals surface area contributed by atoms with Gasteiger partial charge in [0.2, 0.25) is 11.2 Å². The molecule has 1 N–H and O–H groups in total. The molecule has 1 saturated heterocycles. The maximum absolute atomic E-state index is 14.1. The summed E-state index contributed by atoms with van der Waals surface area (Å²) < 4.78 is 57.6. The minimum Gasteiger partial charge on any atom is -0.507 e. The van der Waals surface area contributed by atoms with E-state index in [1.54, 1.807) is 0 Å². The number of carbonyl (C=O) groups excluding carboxylic acids is 1. The van der Waals surface area contributed by atoms with Crippen LogP contribution in [0.3, 0.4) is 0 Å². The van der Waals surface area contributed by atoms with Crippen molar-refractivity contribution in [2.75, 3.05) is 38.2 Å². The van der Waals surface area contributed by atoms with Gasteiger partial charge >= 0.3 is 12.1 Å². The second-order valence-corrected chi connectivity index (χ2v) is 9.24. The quantitative estimate of drug-likeness (QED) is 0.316. The topological polar surface area (TPSA) is 92.5 Å². The lowest BCUT2D eigenvalue weighted by Gasteiger charge is -2.36. The van der Waals surface area contributed by atoms with E-state index in [4.69, 9.17) is 9.15 Å². The Bertz CT molecular complexity index is 1580. The van der Waals surface area contributed by atoms with Crippen molar-refractivity contribution in [2.45, 2.75) is 12.7 Å². The molecule has 3 aromatic carbocycles. The largest absolute Gasteiger partial charge is 0.507 e. The molecule has 1 aromatic heterocycles. The number of nitrogens with zero attached hydrogens (tertiary/aromatic N) is 2. The number of aromatic hydroxyl groups is 1. The van der Waals surface area contributed by atoms with Crippen molar-refractivity contribution in [3.8, 4) is 17.2 Å². The molecular formula is C29H25F3N2O6. The van der Waals surface area contributed by atoms with E-state index in [0.717, 1.165) is 5.69 Å². The molecular weight excluding hydrogens is 529 g/mol. The van der Waals surface area contributed by atoms with Gasteiger partial charge in [0, 0.05) is 38.4 Å². The van der Waals surface area contributed by atoms with Crippen LogP contribution in [0.5, 0.6) is 17.2 Å². The van der Waals surface area contributed by atoms with Crippen molar-refractivity contribution in [1.29, 1.82) is 0 Å². The van der Waals surface area contributed by atoms with E-state index in [9.17, 15) is 27.9 Å². The Morgan fingerprint density at radius 1 is 0.975 bits per heavy atom. The molecule has 8 nitrogen and oxygen atoms in total. The molecule has 0 atom stereocenters. The fourth-order valence-corrected chi connectivity index (χ4v) is 4.64. The van der Waals surface area contributed by atoms with Crippen molar-refractivity contribution < 1.29 is 37.0 Å². The molecule has 40 heavy (non-hydrogen) atoms. The van der Waals surface area contributed by atoms with E-state index in [1.165, 1.54) is 43.5 Å². The van der Waals surface area contributed by atoms with Crippen LogP contribution in [0.1, 0.15) is 21.7 Å². The zero-order chi connectivity index (χ0) is 28.4. The number of para-hydroxylation sites is 1. The Labute approximate surface area is 226 Å². The van der Waals surface area contributed by atoms with Crippen LogP contribution in [-0.4, -0.2) is 49.3 Å². The minimum atomic E-state index is -5.07. The lowest BCUT2D eigenvalue weighted by Crippen LogP contribution is -2.46. The summed E-state index contributed by atoms with van der Waals surface area (Å²) in [4.78, 5) is 29.1. The van der Waals surface area contributed by atoms with E-state index in [2.05, 4.69) is 9.64 Å². The van der Waals surface area contributed by atoms with Crippen LogP contribution in [0, 0.1) is 0 Å². The highest BCUT2D eigenvalue weighted by molar-refractivity contribution is 5.89. The highest BCUT2D eigenvalue weighted by Crippen LogP contribution is 2.40. The molecule has 2 heterocycles. The van der Waals surface area contributed by atoms with Crippen molar-refractivity contribution in [3.63, 3.8) is 0 Å². The van der Waals surface area contributed by atoms with Gasteiger partial charge in [-0.2, -0.15) is 13.2 Å². The Hall–Kier alpha value is -4.51. The maximum atomic E-state index is 14.1. The minimum absolute atomic E-state index is 0.0846. The van der Waals surface area contributed by atoms with Gasteiger partial charge < -0.3 is 23.9 Å². The van der Waals surface area contributed by atoms with Crippen LogP contribution < -0.4 is 15.1 Å². The number of benzene rings is 3. The Morgan fingerprint density at radius 2 is 1.65 bits per heavy atom. The standard InChI is InChI=1S/C29H25F3N2O6/c1-38-28(37)18-7-9-20(10-8-18)39-26-24(36)21-11-12-23(35)22(25(21)40-27(26)29(30,31)32)17-33-13-15-34(16-14-33)19-5-3-2-4-6-19/h2-12,35H,13-17H2,1H3. The molecule has 0 bridgehead atoms. The maximum Gasteiger partial charge on any atom is 0.453 e. The molecule has 5 rings (SSSR count). The number of ether oxygens (including phenoxy) is 2. The third-order valence-corrected chi connectivity index (χ3v) is 6.73. The number of esters is 1. The highest BCUT2D eigenvalue weighted by atomic mass is 19.4. The number of methoxy groups -OCH3 is 1. The molecule has 1 aliphatic heterocycles. The van der Waals surface area contributed by atoms with Crippen molar-refractivity contribution in [3.05, 3.63) is 93.8 Å². The van der Waals surface area contributed by atoms with Gasteiger partial charge in [-0.3, -0.25) is 9.69 Å². The van der Waals surface area contributed by atoms with Gasteiger partial charge in [0.25, 0.3) is 5.76 Å². The van der Waals surface area contributed by atoms with Crippen molar-refractivity contribution in [1.82, 2.24) is 4.90 Å². The summed E-state index contributed by atoms with van der Waals surface area (Å²) >= 11 is 0. The number of hydrogen-bond donors (Lipinski definition) is 1. The molecule has 0 saturated carbocycles. The molecule has 4 aromatic rings. The van der Waals surface area contributed by atoms with Gasteiger partial charge in [-0.15, -0.1) is 0 Å². The smallest absolute Gasteiger partial charge is 0.453 e. The van der Waals surface area contributed by atoms with E-state index >= 15 is 0 Å². The summed E-state index contributed by atoms with van der Waals surface area (Å²) in [5.41, 5.74) is -0.0798. The number of anilines is 1. The van der Waals surface area contributed by atoms with Crippen LogP contribution in [0.4, 0.5) is 18.9 Å². The lowest BCUT2D eigenvalue weighted by atomic mass is 10.1. The number of carbonyl (C=O) groups is 1. The third kappa shape index (κ3) is 5.46. The monoisotopic (exact) mass is 554 g/mol. The summed E-state index contributed by atoms with van der Waals surface area (Å²) in [6.45, 7) is 2.62. The van der Waals surface area contributed by atoms with Crippen LogP contribution >= 0.6 is 0 Å². The van der Waals surface area contributed by atoms with E-state index in [1.807, 2.05) is 35.2 Å². The number of rotatable bonds is 6. The molecule has 0 spiro atoms. The predicted octanol–water partition coefficient (Wildman–Crippen LogP) is 5.42. The Kier molecular flexibility index (Phi) is 7.40. The number of phenols is 1. The second kappa shape index (κ2) is 10.9. The number of alkyl halides is 3. The van der Waals surface area contributed by atoms with E-state index in [0.29, 0.717) is 26.2 Å². The van der Waals surface area contributed by atoms with Gasteiger partial charge in [0.05, 0.1) is 23.6 Å². The molecule has 1 fully saturated rings. The first kappa shape index (κ1) is 27.1. The average Bonchev–Trinajstić information content (AvgIpc) is 2.96. The van der Waals surface area contributed by atoms with Gasteiger partial charge in [-0.25, -0.2) is 4.79 Å². The third-order valence-electron chi connectivity index (χ3n) is 6.73. The average molecular weight is 555 g/mol. The molecule has 208 valence electrons. The molecule has 0 unspecified atom stereocenters. The molecule has 0 aliphatic carbocycles. The van der Waals surface area contributed by atoms with Crippen LogP contribution in [0.2, 0.25) is 0 Å². The van der Waals surface area contributed by atoms with Crippen molar-refractivity contribution >= 4 is 22.6 Å². The Morgan fingerprint density at radius 3 is 2.27 bits per heavy atom. The molecule has 1 aliphatic rings. The number of phenolic OH excluding ortho intramolecular Hbond substituents is 1. The van der Waals surface area contributed by atoms with Crippen LogP contribution in [0.25, 0.3) is 11.0 Å². The summed E-state index contributed by atoms with van der Waals surface area (Å²) in [7, 11) is 1.19. The fraction of sp³-hybridized carbons (Fsp3) is 0.241. The summed E-state index contributed by atoms with van der Waals surface area (Å²) in [6.07, 6.45) is -5.07. The number of piperazine rings is 1. The normalized spacial score (nSPS) is 14.3. The SMILES string of the molecule is COC(=O)c1ccc(Oc2c(C(F)(F)F)oc3c(CN4CCN(c5ccccc5)CC4)c(O)ccc3c2=O)cc1. The highest BCUT2D eigenvalue weighted by Gasteiger charge is 2.41. The fourth-order valence-electron chi connectivity index (χ4n) is 4.64. The summed E-state index contributed by atoms with van der Waals surface area (Å²) in [6, 6.07) is 17.4. The molecule has 0 amide bonds. The van der Waals surface area contributed by atoms with E-state index in [-0.39, 0.29) is 40.1 Å². The van der Waals surface area contributed by atoms with Crippen molar-refractivity contribution in [2.24, 2.45) is 0 Å². The van der Waals surface area contributed by atoms with Gasteiger partial charge in [-0.05, 0) is 48.5 Å². The summed E-state index contributed by atoms with van der Waals surface area (Å²) in [5.74, 6) is -3.69. The Balaban J connectivity index is 1.47. The second-order valence-electron chi connectivity index (χ2n) is 9.24. The number of fused-ring (bicyclic) bond motifs is 1. The molecule has 0 radical (unpaired) electrons. The van der Waals surface area contributed by atoms with Gasteiger partial charge in [0.15, 0.2) is 0 Å². The molecule has 11 heteroatoms. The zero-order valence-electron chi connectivity index (χ0n) is 21.4. The first-order valence-corrected chi connectivity index (χ1v) is 12.4. The van der Waals surface area contributed by atoms with Gasteiger partial charge in [0.1, 0.15) is 17.1 Å². The number of halogens is 3. The van der Waals surface area contributed by atoms with Gasteiger partial charge in [-0.1, -0.05) is 18.2 Å². The van der Waals surface area contributed by atoms with E-state index < -0.39 is 29.1 Å². The van der Waals surface area contributed by atoms with Crippen LogP contribution in [-0.2, 0) is 17.5 Å². The zero-order valence-corrected chi connectivity index (χ0v) is 21.4. The van der Waals surface area contributed by atoms with Crippen LogP contribution in [0.15, 0.2) is 75.9 Å². The number of hydrogen-bond acceptors (Lipinski definition) is 8.